The smallest absolute Gasteiger partial charge is 0.241 e. The van der Waals surface area contributed by atoms with Crippen molar-refractivity contribution in [3.63, 3.8) is 0 Å². The van der Waals surface area contributed by atoms with E-state index in [1.165, 1.54) is 0 Å². The second kappa shape index (κ2) is 8.07. The van der Waals surface area contributed by atoms with Crippen LogP contribution in [0.5, 0.6) is 0 Å². The summed E-state index contributed by atoms with van der Waals surface area (Å²) in [6, 6.07) is 2.95. The first kappa shape index (κ1) is 20.6. The summed E-state index contributed by atoms with van der Waals surface area (Å²) in [7, 11) is -1.69. The molecule has 1 amide bonds. The maximum absolute atomic E-state index is 12.9. The number of likely N-dealkylation sites (N-methyl/N-ethyl adjacent to an activating group) is 1. The molecular formula is C19H28ClN3O3S. The van der Waals surface area contributed by atoms with Crippen LogP contribution in [0.4, 0.5) is 0 Å². The van der Waals surface area contributed by atoms with Gasteiger partial charge in [-0.3, -0.25) is 9.69 Å². The van der Waals surface area contributed by atoms with Crippen LogP contribution in [0.1, 0.15) is 36.8 Å². The van der Waals surface area contributed by atoms with Crippen LogP contribution >= 0.6 is 11.6 Å². The standard InChI is InChI=1S/C19H28ClN3O3S/c1-13-11-18(14(2)10-16(13)20)27(25,26)21-15-6-4-9-23(12-15)19(24)17-7-5-8-22(17)3/h10-11,15,17,21H,4-9,12H2,1-3H3/t15-,17+/m0/s1. The highest BCUT2D eigenvalue weighted by Gasteiger charge is 2.34. The van der Waals surface area contributed by atoms with E-state index in [0.29, 0.717) is 23.7 Å². The molecule has 0 saturated carbocycles. The highest BCUT2D eigenvalue weighted by atomic mass is 35.5. The molecule has 0 bridgehead atoms. The molecule has 1 N–H and O–H groups in total. The number of sulfonamides is 1. The monoisotopic (exact) mass is 413 g/mol. The third-order valence-electron chi connectivity index (χ3n) is 5.61. The first-order valence-corrected chi connectivity index (χ1v) is 11.3. The number of nitrogens with one attached hydrogen (secondary N) is 1. The lowest BCUT2D eigenvalue weighted by atomic mass is 10.1. The fourth-order valence-electron chi connectivity index (χ4n) is 4.03. The second-order valence-corrected chi connectivity index (χ2v) is 9.84. The maximum atomic E-state index is 12.9. The number of benzene rings is 1. The molecule has 150 valence electrons. The Morgan fingerprint density at radius 1 is 1.15 bits per heavy atom. The van der Waals surface area contributed by atoms with E-state index in [-0.39, 0.29) is 22.9 Å². The first-order chi connectivity index (χ1) is 12.7. The topological polar surface area (TPSA) is 69.7 Å². The number of hydrogen-bond donors (Lipinski definition) is 1. The number of piperidine rings is 1. The number of aryl methyl sites for hydroxylation is 2. The molecule has 3 rings (SSSR count). The van der Waals surface area contributed by atoms with Gasteiger partial charge in [-0.2, -0.15) is 0 Å². The average molecular weight is 414 g/mol. The summed E-state index contributed by atoms with van der Waals surface area (Å²) < 4.78 is 28.6. The van der Waals surface area contributed by atoms with E-state index in [1.54, 1.807) is 26.0 Å². The Labute approximate surface area is 166 Å². The maximum Gasteiger partial charge on any atom is 0.241 e. The lowest BCUT2D eigenvalue weighted by Gasteiger charge is -2.35. The Balaban J connectivity index is 1.71. The zero-order valence-electron chi connectivity index (χ0n) is 16.2. The third kappa shape index (κ3) is 4.47. The highest BCUT2D eigenvalue weighted by molar-refractivity contribution is 7.89. The van der Waals surface area contributed by atoms with E-state index in [9.17, 15) is 13.2 Å². The van der Waals surface area contributed by atoms with Gasteiger partial charge in [-0.25, -0.2) is 13.1 Å². The van der Waals surface area contributed by atoms with E-state index in [1.807, 2.05) is 11.9 Å². The summed E-state index contributed by atoms with van der Waals surface area (Å²) >= 11 is 6.09. The SMILES string of the molecule is Cc1cc(S(=O)(=O)N[C@H]2CCCN(C(=O)[C@H]3CCCN3C)C2)c(C)cc1Cl. The lowest BCUT2D eigenvalue weighted by Crippen LogP contribution is -2.53. The number of halogens is 1. The van der Waals surface area contributed by atoms with E-state index in [4.69, 9.17) is 11.6 Å². The molecule has 0 radical (unpaired) electrons. The van der Waals surface area contributed by atoms with Gasteiger partial charge >= 0.3 is 0 Å². The Kier molecular flexibility index (Phi) is 6.15. The molecule has 2 aliphatic rings. The molecule has 0 aromatic heterocycles. The van der Waals surface area contributed by atoms with Gasteiger partial charge in [0.1, 0.15) is 0 Å². The van der Waals surface area contributed by atoms with Crippen molar-refractivity contribution >= 4 is 27.5 Å². The van der Waals surface area contributed by atoms with Crippen molar-refractivity contribution in [1.29, 1.82) is 0 Å². The van der Waals surface area contributed by atoms with Crippen molar-refractivity contribution < 1.29 is 13.2 Å². The Hall–Kier alpha value is -1.15. The molecule has 2 atom stereocenters. The van der Waals surface area contributed by atoms with Crippen LogP contribution in [-0.4, -0.2) is 62.9 Å². The van der Waals surface area contributed by atoms with Crippen LogP contribution in [0.15, 0.2) is 17.0 Å². The summed E-state index contributed by atoms with van der Waals surface area (Å²) in [6.45, 7) is 5.59. The van der Waals surface area contributed by atoms with E-state index >= 15 is 0 Å². The molecule has 0 unspecified atom stereocenters. The molecule has 0 spiro atoms. The summed E-state index contributed by atoms with van der Waals surface area (Å²) in [4.78, 5) is 17.0. The summed E-state index contributed by atoms with van der Waals surface area (Å²) in [6.07, 6.45) is 3.45. The number of rotatable bonds is 4. The average Bonchev–Trinajstić information content (AvgIpc) is 3.03. The number of hydrogen-bond acceptors (Lipinski definition) is 4. The van der Waals surface area contributed by atoms with E-state index in [0.717, 1.165) is 37.8 Å². The van der Waals surface area contributed by atoms with Crippen molar-refractivity contribution in [3.05, 3.63) is 28.3 Å². The zero-order chi connectivity index (χ0) is 19.8. The van der Waals surface area contributed by atoms with E-state index in [2.05, 4.69) is 9.62 Å². The molecule has 2 fully saturated rings. The minimum atomic E-state index is -3.67. The Morgan fingerprint density at radius 3 is 2.52 bits per heavy atom. The number of nitrogens with zero attached hydrogens (tertiary/aromatic N) is 2. The van der Waals surface area contributed by atoms with Gasteiger partial charge in [-0.05, 0) is 76.4 Å². The highest BCUT2D eigenvalue weighted by Crippen LogP contribution is 2.25. The molecular weight excluding hydrogens is 386 g/mol. The van der Waals surface area contributed by atoms with Gasteiger partial charge in [0.2, 0.25) is 15.9 Å². The molecule has 2 aliphatic heterocycles. The van der Waals surface area contributed by atoms with Crippen molar-refractivity contribution in [2.75, 3.05) is 26.7 Å². The minimum absolute atomic E-state index is 0.0680. The normalized spacial score (nSPS) is 24.4. The number of likely N-dealkylation sites (tertiary alicyclic amines) is 2. The molecule has 2 heterocycles. The second-order valence-electron chi connectivity index (χ2n) is 7.75. The zero-order valence-corrected chi connectivity index (χ0v) is 17.7. The van der Waals surface area contributed by atoms with Gasteiger partial charge in [0.05, 0.1) is 10.9 Å². The largest absolute Gasteiger partial charge is 0.340 e. The third-order valence-corrected chi connectivity index (χ3v) is 7.68. The van der Waals surface area contributed by atoms with Gasteiger partial charge in [0, 0.05) is 24.2 Å². The van der Waals surface area contributed by atoms with Gasteiger partial charge in [0.25, 0.3) is 0 Å². The molecule has 0 aliphatic carbocycles. The Bertz CT molecular complexity index is 828. The molecule has 1 aromatic carbocycles. The quantitative estimate of drug-likeness (QED) is 0.822. The van der Waals surface area contributed by atoms with Crippen molar-refractivity contribution in [2.24, 2.45) is 0 Å². The summed E-state index contributed by atoms with van der Waals surface area (Å²) in [5.41, 5.74) is 1.35. The summed E-state index contributed by atoms with van der Waals surface area (Å²) in [5.74, 6) is 0.123. The van der Waals surface area contributed by atoms with Gasteiger partial charge < -0.3 is 4.90 Å². The first-order valence-electron chi connectivity index (χ1n) is 9.47. The van der Waals surface area contributed by atoms with E-state index < -0.39 is 10.0 Å². The molecule has 2 saturated heterocycles. The van der Waals surface area contributed by atoms with Crippen LogP contribution < -0.4 is 4.72 Å². The molecule has 27 heavy (non-hydrogen) atoms. The number of amides is 1. The number of carbonyl (C=O) groups excluding carboxylic acids is 1. The van der Waals surface area contributed by atoms with Crippen molar-refractivity contribution in [2.45, 2.75) is 56.5 Å². The lowest BCUT2D eigenvalue weighted by molar-refractivity contribution is -0.136. The fraction of sp³-hybridized carbons (Fsp3) is 0.632. The minimum Gasteiger partial charge on any atom is -0.340 e. The number of carbonyl (C=O) groups is 1. The van der Waals surface area contributed by atoms with Crippen LogP contribution in [-0.2, 0) is 14.8 Å². The van der Waals surface area contributed by atoms with Gasteiger partial charge in [0.15, 0.2) is 0 Å². The molecule has 8 heteroatoms. The fourth-order valence-corrected chi connectivity index (χ4v) is 5.82. The predicted molar refractivity (Wildman–Crippen MR) is 107 cm³/mol. The van der Waals surface area contributed by atoms with Crippen LogP contribution in [0.2, 0.25) is 5.02 Å². The Morgan fingerprint density at radius 2 is 1.85 bits per heavy atom. The van der Waals surface area contributed by atoms with Gasteiger partial charge in [-0.15, -0.1) is 0 Å². The van der Waals surface area contributed by atoms with Crippen molar-refractivity contribution in [1.82, 2.24) is 14.5 Å². The summed E-state index contributed by atoms with van der Waals surface area (Å²) in [5, 5.41) is 0.557. The van der Waals surface area contributed by atoms with Crippen LogP contribution in [0.25, 0.3) is 0 Å². The molecule has 6 nitrogen and oxygen atoms in total. The van der Waals surface area contributed by atoms with Gasteiger partial charge in [-0.1, -0.05) is 11.6 Å². The molecule has 1 aromatic rings. The van der Waals surface area contributed by atoms with Crippen molar-refractivity contribution in [3.8, 4) is 0 Å². The van der Waals surface area contributed by atoms with Crippen LogP contribution in [0, 0.1) is 13.8 Å². The van der Waals surface area contributed by atoms with Crippen LogP contribution in [0.3, 0.4) is 0 Å². The predicted octanol–water partition coefficient (Wildman–Crippen LogP) is 2.32.